The van der Waals surface area contributed by atoms with Crippen LogP contribution in [0.15, 0.2) is 24.4 Å². The molecule has 0 saturated carbocycles. The predicted octanol–water partition coefficient (Wildman–Crippen LogP) is 2.12. The van der Waals surface area contributed by atoms with Crippen LogP contribution in [-0.2, 0) is 9.53 Å². The second-order valence-electron chi connectivity index (χ2n) is 8.33. The van der Waals surface area contributed by atoms with Gasteiger partial charge in [0, 0.05) is 45.4 Å². The number of likely N-dealkylation sites (tertiary alicyclic amines) is 1. The molecule has 0 aliphatic carbocycles. The van der Waals surface area contributed by atoms with Crippen molar-refractivity contribution in [1.82, 2.24) is 19.5 Å². The number of amides is 1. The SMILES string of the molecule is O=C1CCC2(CCN(c3nnc4ccccn34)CC2)CN1CC1CCCO1. The Kier molecular flexibility index (Phi) is 4.27. The highest BCUT2D eigenvalue weighted by atomic mass is 16.5. The van der Waals surface area contributed by atoms with E-state index in [4.69, 9.17) is 4.74 Å². The number of carbonyl (C=O) groups is 1. The standard InChI is InChI=1S/C20H27N5O2/c26-18-6-7-20(15-24(18)14-16-4-3-13-27-16)8-11-23(12-9-20)19-22-21-17-5-1-2-10-25(17)19/h1-2,5,10,16H,3-4,6-9,11-15H2. The minimum absolute atomic E-state index is 0.242. The molecule has 27 heavy (non-hydrogen) atoms. The van der Waals surface area contributed by atoms with Crippen LogP contribution in [0, 0.1) is 5.41 Å². The van der Waals surface area contributed by atoms with Gasteiger partial charge in [-0.25, -0.2) is 0 Å². The number of piperidine rings is 2. The Hall–Kier alpha value is -2.15. The average molecular weight is 369 g/mol. The lowest BCUT2D eigenvalue weighted by atomic mass is 9.72. The molecule has 3 saturated heterocycles. The van der Waals surface area contributed by atoms with Crippen molar-refractivity contribution in [2.75, 3.05) is 37.7 Å². The average Bonchev–Trinajstić information content (AvgIpc) is 3.35. The van der Waals surface area contributed by atoms with Crippen LogP contribution in [0.5, 0.6) is 0 Å². The van der Waals surface area contributed by atoms with Crippen LogP contribution in [0.4, 0.5) is 5.95 Å². The Morgan fingerprint density at radius 2 is 2.07 bits per heavy atom. The summed E-state index contributed by atoms with van der Waals surface area (Å²) >= 11 is 0. The molecular weight excluding hydrogens is 342 g/mol. The van der Waals surface area contributed by atoms with Crippen molar-refractivity contribution in [3.8, 4) is 0 Å². The fraction of sp³-hybridized carbons (Fsp3) is 0.650. The number of rotatable bonds is 3. The van der Waals surface area contributed by atoms with Crippen LogP contribution in [0.25, 0.3) is 5.65 Å². The van der Waals surface area contributed by atoms with Crippen LogP contribution in [-0.4, -0.2) is 64.3 Å². The Labute approximate surface area is 159 Å². The maximum atomic E-state index is 12.4. The monoisotopic (exact) mass is 369 g/mol. The van der Waals surface area contributed by atoms with Gasteiger partial charge in [0.25, 0.3) is 0 Å². The molecule has 2 aromatic rings. The molecule has 7 nitrogen and oxygen atoms in total. The van der Waals surface area contributed by atoms with Gasteiger partial charge < -0.3 is 14.5 Å². The first kappa shape index (κ1) is 17.0. The summed E-state index contributed by atoms with van der Waals surface area (Å²) in [6.07, 6.45) is 8.38. The van der Waals surface area contributed by atoms with Gasteiger partial charge in [-0.05, 0) is 49.7 Å². The van der Waals surface area contributed by atoms with E-state index in [1.165, 1.54) is 0 Å². The number of hydrogen-bond acceptors (Lipinski definition) is 5. The second kappa shape index (κ2) is 6.78. The minimum Gasteiger partial charge on any atom is -0.376 e. The van der Waals surface area contributed by atoms with Gasteiger partial charge in [-0.15, -0.1) is 10.2 Å². The molecule has 1 atom stereocenters. The second-order valence-corrected chi connectivity index (χ2v) is 8.33. The van der Waals surface area contributed by atoms with E-state index in [-0.39, 0.29) is 11.5 Å². The minimum atomic E-state index is 0.242. The number of pyridine rings is 1. The third kappa shape index (κ3) is 3.18. The number of hydrogen-bond donors (Lipinski definition) is 0. The summed E-state index contributed by atoms with van der Waals surface area (Å²) in [5.74, 6) is 1.24. The number of carbonyl (C=O) groups excluding carboxylic acids is 1. The highest BCUT2D eigenvalue weighted by Crippen LogP contribution is 2.41. The molecule has 144 valence electrons. The number of aromatic nitrogens is 3. The smallest absolute Gasteiger partial charge is 0.231 e. The Morgan fingerprint density at radius 1 is 1.19 bits per heavy atom. The van der Waals surface area contributed by atoms with Crippen molar-refractivity contribution in [2.24, 2.45) is 5.41 Å². The number of anilines is 1. The molecule has 5 heterocycles. The summed E-state index contributed by atoms with van der Waals surface area (Å²) in [6.45, 7) is 4.45. The molecule has 1 spiro atoms. The topological polar surface area (TPSA) is 63.0 Å². The Morgan fingerprint density at radius 3 is 2.89 bits per heavy atom. The summed E-state index contributed by atoms with van der Waals surface area (Å²) in [5, 5.41) is 8.69. The highest BCUT2D eigenvalue weighted by molar-refractivity contribution is 5.77. The molecule has 1 amide bonds. The first-order valence-corrected chi connectivity index (χ1v) is 10.2. The van der Waals surface area contributed by atoms with Crippen molar-refractivity contribution in [3.63, 3.8) is 0 Å². The molecule has 1 unspecified atom stereocenters. The van der Waals surface area contributed by atoms with Crippen LogP contribution in [0.2, 0.25) is 0 Å². The van der Waals surface area contributed by atoms with Gasteiger partial charge >= 0.3 is 0 Å². The normalized spacial score (nSPS) is 25.6. The summed E-state index contributed by atoms with van der Waals surface area (Å²) < 4.78 is 7.83. The molecule has 3 fully saturated rings. The van der Waals surface area contributed by atoms with E-state index in [0.717, 1.165) is 76.5 Å². The van der Waals surface area contributed by atoms with E-state index in [0.29, 0.717) is 12.3 Å². The molecule has 0 aromatic carbocycles. The molecule has 0 radical (unpaired) electrons. The molecule has 0 bridgehead atoms. The van der Waals surface area contributed by atoms with Gasteiger partial charge in [0.1, 0.15) is 0 Å². The third-order valence-electron chi connectivity index (χ3n) is 6.60. The zero-order valence-electron chi connectivity index (χ0n) is 15.7. The maximum absolute atomic E-state index is 12.4. The lowest BCUT2D eigenvalue weighted by molar-refractivity contribution is -0.140. The summed E-state index contributed by atoms with van der Waals surface area (Å²) in [5.41, 5.74) is 1.14. The zero-order chi connectivity index (χ0) is 18.3. The Bertz CT molecular complexity index is 821. The van der Waals surface area contributed by atoms with E-state index in [2.05, 4.69) is 24.4 Å². The van der Waals surface area contributed by atoms with Gasteiger partial charge in [-0.1, -0.05) is 6.07 Å². The zero-order valence-corrected chi connectivity index (χ0v) is 15.7. The van der Waals surface area contributed by atoms with Crippen LogP contribution in [0.3, 0.4) is 0 Å². The van der Waals surface area contributed by atoms with Gasteiger partial charge in [-0.2, -0.15) is 0 Å². The lowest BCUT2D eigenvalue weighted by Crippen LogP contribution is -2.53. The lowest BCUT2D eigenvalue weighted by Gasteiger charge is -2.47. The summed E-state index contributed by atoms with van der Waals surface area (Å²) in [7, 11) is 0. The molecule has 0 N–H and O–H groups in total. The quantitative estimate of drug-likeness (QED) is 0.829. The first-order chi connectivity index (χ1) is 13.2. The predicted molar refractivity (Wildman–Crippen MR) is 102 cm³/mol. The van der Waals surface area contributed by atoms with E-state index >= 15 is 0 Å². The van der Waals surface area contributed by atoms with E-state index in [1.807, 2.05) is 24.4 Å². The molecular formula is C20H27N5O2. The van der Waals surface area contributed by atoms with Gasteiger partial charge in [0.05, 0.1) is 6.10 Å². The summed E-state index contributed by atoms with van der Waals surface area (Å²) in [4.78, 5) is 16.9. The van der Waals surface area contributed by atoms with Crippen molar-refractivity contribution >= 4 is 17.5 Å². The van der Waals surface area contributed by atoms with Crippen molar-refractivity contribution < 1.29 is 9.53 Å². The van der Waals surface area contributed by atoms with Crippen molar-refractivity contribution in [1.29, 1.82) is 0 Å². The molecule has 3 aliphatic heterocycles. The number of fused-ring (bicyclic) bond motifs is 1. The van der Waals surface area contributed by atoms with Gasteiger partial charge in [0.15, 0.2) is 5.65 Å². The fourth-order valence-corrected chi connectivity index (χ4v) is 4.94. The first-order valence-electron chi connectivity index (χ1n) is 10.2. The maximum Gasteiger partial charge on any atom is 0.231 e. The summed E-state index contributed by atoms with van der Waals surface area (Å²) in [6, 6.07) is 5.99. The van der Waals surface area contributed by atoms with E-state index in [9.17, 15) is 4.79 Å². The van der Waals surface area contributed by atoms with Crippen LogP contribution >= 0.6 is 0 Å². The Balaban J connectivity index is 1.26. The van der Waals surface area contributed by atoms with Crippen molar-refractivity contribution in [3.05, 3.63) is 24.4 Å². The molecule has 7 heteroatoms. The van der Waals surface area contributed by atoms with Gasteiger partial charge in [-0.3, -0.25) is 9.20 Å². The number of nitrogens with zero attached hydrogens (tertiary/aromatic N) is 5. The van der Waals surface area contributed by atoms with Crippen LogP contribution < -0.4 is 4.90 Å². The molecule has 5 rings (SSSR count). The molecule has 2 aromatic heterocycles. The van der Waals surface area contributed by atoms with Gasteiger partial charge in [0.2, 0.25) is 11.9 Å². The third-order valence-corrected chi connectivity index (χ3v) is 6.60. The largest absolute Gasteiger partial charge is 0.376 e. The van der Waals surface area contributed by atoms with Crippen molar-refractivity contribution in [2.45, 2.75) is 44.6 Å². The van der Waals surface area contributed by atoms with E-state index in [1.54, 1.807) is 0 Å². The van der Waals surface area contributed by atoms with E-state index < -0.39 is 0 Å². The van der Waals surface area contributed by atoms with Crippen LogP contribution in [0.1, 0.15) is 38.5 Å². The fourth-order valence-electron chi connectivity index (χ4n) is 4.94. The number of ether oxygens (including phenoxy) is 1. The molecule has 3 aliphatic rings. The highest BCUT2D eigenvalue weighted by Gasteiger charge is 2.42.